The van der Waals surface area contributed by atoms with Gasteiger partial charge in [0, 0.05) is 24.2 Å². The number of benzene rings is 1. The summed E-state index contributed by atoms with van der Waals surface area (Å²) in [5.41, 5.74) is 1.33. The number of likely N-dealkylation sites (tertiary alicyclic amines) is 1. The minimum atomic E-state index is -0.188. The van der Waals surface area contributed by atoms with Gasteiger partial charge in [-0.3, -0.25) is 9.59 Å². The Kier molecular flexibility index (Phi) is 6.62. The lowest BCUT2D eigenvalue weighted by Gasteiger charge is -2.30. The van der Waals surface area contributed by atoms with Gasteiger partial charge in [0.05, 0.1) is 22.6 Å². The number of piperidine rings is 1. The van der Waals surface area contributed by atoms with Gasteiger partial charge < -0.3 is 14.4 Å². The summed E-state index contributed by atoms with van der Waals surface area (Å²) < 4.78 is 10.8. The number of hydrogen-bond acceptors (Lipinski definition) is 5. The van der Waals surface area contributed by atoms with Gasteiger partial charge in [0.25, 0.3) is 5.91 Å². The minimum Gasteiger partial charge on any atom is -0.480 e. The van der Waals surface area contributed by atoms with Crippen molar-refractivity contribution in [2.24, 2.45) is 5.92 Å². The molecule has 0 saturated carbocycles. The van der Waals surface area contributed by atoms with E-state index in [-0.39, 0.29) is 24.4 Å². The van der Waals surface area contributed by atoms with Crippen molar-refractivity contribution in [1.82, 2.24) is 9.88 Å². The van der Waals surface area contributed by atoms with E-state index in [1.54, 1.807) is 17.9 Å². The predicted octanol–water partition coefficient (Wildman–Crippen LogP) is 4.03. The molecule has 2 aromatic rings. The summed E-state index contributed by atoms with van der Waals surface area (Å²) in [6.45, 7) is 4.86. The molecule has 1 aromatic heterocycles. The Morgan fingerprint density at radius 3 is 2.61 bits per heavy atom. The largest absolute Gasteiger partial charge is 0.480 e. The number of pyridine rings is 1. The second kappa shape index (κ2) is 8.97. The molecule has 0 radical (unpaired) electrons. The number of carbonyl (C=O) groups excluding carboxylic acids is 2. The molecular weight excluding hydrogens is 403 g/mol. The molecule has 3 rings (SSSR count). The van der Waals surface area contributed by atoms with Gasteiger partial charge in [-0.15, -0.1) is 0 Å². The fraction of sp³-hybridized carbons (Fsp3) is 0.450. The molecule has 150 valence electrons. The first-order valence-corrected chi connectivity index (χ1v) is 9.98. The SMILES string of the molecule is CCOC(=O)C1CCN(C(=O)COc2c(Cl)cc(Cl)c3ccc(C)nc23)CC1. The topological polar surface area (TPSA) is 68.7 Å². The third-order valence-electron chi connectivity index (χ3n) is 4.78. The van der Waals surface area contributed by atoms with Gasteiger partial charge >= 0.3 is 5.97 Å². The highest BCUT2D eigenvalue weighted by Crippen LogP contribution is 2.37. The zero-order valence-electron chi connectivity index (χ0n) is 15.8. The van der Waals surface area contributed by atoms with E-state index in [1.165, 1.54) is 0 Å². The fourth-order valence-electron chi connectivity index (χ4n) is 3.28. The summed E-state index contributed by atoms with van der Waals surface area (Å²) in [5, 5.41) is 1.51. The van der Waals surface area contributed by atoms with Crippen LogP contribution in [0.2, 0.25) is 10.0 Å². The molecule has 6 nitrogen and oxygen atoms in total. The molecule has 0 unspecified atom stereocenters. The first-order chi connectivity index (χ1) is 13.4. The van der Waals surface area contributed by atoms with Crippen molar-refractivity contribution in [3.8, 4) is 5.75 Å². The van der Waals surface area contributed by atoms with E-state index < -0.39 is 0 Å². The van der Waals surface area contributed by atoms with Gasteiger partial charge in [0.1, 0.15) is 5.52 Å². The molecule has 1 aromatic carbocycles. The highest BCUT2D eigenvalue weighted by molar-refractivity contribution is 6.39. The number of hydrogen-bond donors (Lipinski definition) is 0. The van der Waals surface area contributed by atoms with Crippen LogP contribution in [-0.4, -0.2) is 48.1 Å². The van der Waals surface area contributed by atoms with Crippen molar-refractivity contribution in [3.05, 3.63) is 33.9 Å². The van der Waals surface area contributed by atoms with E-state index >= 15 is 0 Å². The number of carbonyl (C=O) groups is 2. The molecule has 1 aliphatic rings. The number of fused-ring (bicyclic) bond motifs is 1. The van der Waals surface area contributed by atoms with E-state index in [1.807, 2.05) is 19.1 Å². The molecule has 0 aliphatic carbocycles. The zero-order valence-corrected chi connectivity index (χ0v) is 17.3. The average Bonchev–Trinajstić information content (AvgIpc) is 2.67. The van der Waals surface area contributed by atoms with Crippen LogP contribution < -0.4 is 4.74 Å². The maximum atomic E-state index is 12.6. The summed E-state index contributed by atoms with van der Waals surface area (Å²) in [7, 11) is 0. The monoisotopic (exact) mass is 424 g/mol. The smallest absolute Gasteiger partial charge is 0.309 e. The van der Waals surface area contributed by atoms with Crippen molar-refractivity contribution in [2.75, 3.05) is 26.3 Å². The standard InChI is InChI=1S/C20H22Cl2N2O4/c1-3-27-20(26)13-6-8-24(9-7-13)17(25)11-28-19-16(22)10-15(21)14-5-4-12(2)23-18(14)19/h4-5,10,13H,3,6-9,11H2,1-2H3. The molecule has 0 bridgehead atoms. The van der Waals surface area contributed by atoms with Crippen LogP contribution in [0, 0.1) is 12.8 Å². The summed E-state index contributed by atoms with van der Waals surface area (Å²) in [6.07, 6.45) is 1.19. The van der Waals surface area contributed by atoms with Crippen molar-refractivity contribution in [3.63, 3.8) is 0 Å². The Balaban J connectivity index is 1.66. The van der Waals surface area contributed by atoms with E-state index in [2.05, 4.69) is 4.98 Å². The predicted molar refractivity (Wildman–Crippen MR) is 108 cm³/mol. The van der Waals surface area contributed by atoms with Crippen LogP contribution in [-0.2, 0) is 14.3 Å². The van der Waals surface area contributed by atoms with Crippen LogP contribution in [0.5, 0.6) is 5.75 Å². The first kappa shape index (κ1) is 20.7. The number of halogens is 2. The van der Waals surface area contributed by atoms with Crippen LogP contribution in [0.4, 0.5) is 0 Å². The van der Waals surface area contributed by atoms with Crippen LogP contribution in [0.1, 0.15) is 25.5 Å². The third kappa shape index (κ3) is 4.50. The highest BCUT2D eigenvalue weighted by Gasteiger charge is 2.28. The van der Waals surface area contributed by atoms with E-state index in [9.17, 15) is 9.59 Å². The van der Waals surface area contributed by atoms with E-state index in [0.717, 1.165) is 11.1 Å². The lowest BCUT2D eigenvalue weighted by atomic mass is 9.97. The van der Waals surface area contributed by atoms with E-state index in [0.29, 0.717) is 53.8 Å². The van der Waals surface area contributed by atoms with Gasteiger partial charge in [-0.1, -0.05) is 23.2 Å². The molecule has 8 heteroatoms. The Hall–Kier alpha value is -2.05. The van der Waals surface area contributed by atoms with Crippen LogP contribution in [0.15, 0.2) is 18.2 Å². The Morgan fingerprint density at radius 1 is 1.21 bits per heavy atom. The summed E-state index contributed by atoms with van der Waals surface area (Å²) in [4.78, 5) is 30.5. The lowest BCUT2D eigenvalue weighted by molar-refractivity contribution is -0.151. The quantitative estimate of drug-likeness (QED) is 0.677. The summed E-state index contributed by atoms with van der Waals surface area (Å²) in [6, 6.07) is 5.29. The minimum absolute atomic E-state index is 0.147. The Morgan fingerprint density at radius 2 is 1.93 bits per heavy atom. The summed E-state index contributed by atoms with van der Waals surface area (Å²) in [5.74, 6) is -0.146. The fourth-order valence-corrected chi connectivity index (χ4v) is 3.85. The van der Waals surface area contributed by atoms with Gasteiger partial charge in [0.2, 0.25) is 0 Å². The maximum absolute atomic E-state index is 12.6. The number of amides is 1. The maximum Gasteiger partial charge on any atom is 0.309 e. The Bertz CT molecular complexity index is 895. The third-order valence-corrected chi connectivity index (χ3v) is 5.38. The average molecular weight is 425 g/mol. The van der Waals surface area contributed by atoms with Crippen molar-refractivity contribution >= 4 is 46.0 Å². The molecule has 0 spiro atoms. The van der Waals surface area contributed by atoms with Crippen molar-refractivity contribution in [2.45, 2.75) is 26.7 Å². The van der Waals surface area contributed by atoms with Crippen molar-refractivity contribution < 1.29 is 19.1 Å². The van der Waals surface area contributed by atoms with Crippen LogP contribution in [0.3, 0.4) is 0 Å². The number of nitrogens with zero attached hydrogens (tertiary/aromatic N) is 2. The molecule has 2 heterocycles. The second-order valence-corrected chi connectivity index (χ2v) is 7.53. The second-order valence-electron chi connectivity index (χ2n) is 6.71. The molecule has 0 atom stereocenters. The van der Waals surface area contributed by atoms with Gasteiger partial charge in [0.15, 0.2) is 12.4 Å². The molecule has 1 aliphatic heterocycles. The number of rotatable bonds is 5. The Labute approximate surface area is 173 Å². The van der Waals surface area contributed by atoms with Crippen LogP contribution in [0.25, 0.3) is 10.9 Å². The number of ether oxygens (including phenoxy) is 2. The lowest BCUT2D eigenvalue weighted by Crippen LogP contribution is -2.42. The molecule has 1 fully saturated rings. The number of aromatic nitrogens is 1. The first-order valence-electron chi connectivity index (χ1n) is 9.23. The number of esters is 1. The van der Waals surface area contributed by atoms with Crippen molar-refractivity contribution in [1.29, 1.82) is 0 Å². The molecule has 1 amide bonds. The zero-order chi connectivity index (χ0) is 20.3. The molecular formula is C20H22Cl2N2O4. The van der Waals surface area contributed by atoms with Gasteiger partial charge in [-0.25, -0.2) is 4.98 Å². The number of aryl methyl sites for hydroxylation is 1. The van der Waals surface area contributed by atoms with Gasteiger partial charge in [-0.05, 0) is 44.9 Å². The van der Waals surface area contributed by atoms with Gasteiger partial charge in [-0.2, -0.15) is 0 Å². The highest BCUT2D eigenvalue weighted by atomic mass is 35.5. The molecule has 28 heavy (non-hydrogen) atoms. The molecule has 1 saturated heterocycles. The summed E-state index contributed by atoms with van der Waals surface area (Å²) >= 11 is 12.5. The van der Waals surface area contributed by atoms with Crippen LogP contribution >= 0.6 is 23.2 Å². The molecule has 0 N–H and O–H groups in total. The van der Waals surface area contributed by atoms with E-state index in [4.69, 9.17) is 32.7 Å². The normalized spacial score (nSPS) is 14.9.